The third-order valence-electron chi connectivity index (χ3n) is 2.04. The van der Waals surface area contributed by atoms with Crippen molar-refractivity contribution in [2.45, 2.75) is 12.5 Å². The summed E-state index contributed by atoms with van der Waals surface area (Å²) in [6, 6.07) is 0.353. The summed E-state index contributed by atoms with van der Waals surface area (Å²) >= 11 is 0. The van der Waals surface area contributed by atoms with E-state index >= 15 is 0 Å². The van der Waals surface area contributed by atoms with Crippen molar-refractivity contribution < 1.29 is 0 Å². The number of hydrogen-bond donors (Lipinski definition) is 1. The Hall–Kier alpha value is -1.08. The van der Waals surface area contributed by atoms with Crippen LogP contribution in [0.1, 0.15) is 6.42 Å². The van der Waals surface area contributed by atoms with Gasteiger partial charge in [-0.2, -0.15) is 0 Å². The molecule has 0 aromatic heterocycles. The lowest BCUT2D eigenvalue weighted by atomic mass is 10.1. The normalized spacial score (nSPS) is 28.9. The summed E-state index contributed by atoms with van der Waals surface area (Å²) in [5.74, 6) is 0.539. The topological polar surface area (TPSA) is 26.0 Å². The van der Waals surface area contributed by atoms with Crippen LogP contribution in [0.2, 0.25) is 0 Å². The van der Waals surface area contributed by atoms with Crippen molar-refractivity contribution in [2.75, 3.05) is 0 Å². The van der Waals surface area contributed by atoms with Gasteiger partial charge in [-0.25, -0.2) is 0 Å². The average Bonchev–Trinajstić information content (AvgIpc) is 2.77. The van der Waals surface area contributed by atoms with Gasteiger partial charge in [0.15, 0.2) is 0 Å². The van der Waals surface area contributed by atoms with Gasteiger partial charge in [0, 0.05) is 12.0 Å². The van der Waals surface area contributed by atoms with Crippen LogP contribution in [0.25, 0.3) is 0 Å². The summed E-state index contributed by atoms with van der Waals surface area (Å²) in [6.07, 6.45) is 10.6. The minimum atomic E-state index is 0.353. The molecular weight excluding hydrogens is 146 g/mol. The summed E-state index contributed by atoms with van der Waals surface area (Å²) in [7, 11) is 0. The quantitative estimate of drug-likeness (QED) is 0.628. The standard InChI is InChI=1S/C11H15N/c1-3-5-6-7-9(4-2)10-8-11(10)12/h3-7,10-11H,1-2,8,12H2/b6-5-,9-7+. The maximum Gasteiger partial charge on any atom is 0.0115 e. The molecule has 1 rings (SSSR count). The van der Waals surface area contributed by atoms with Gasteiger partial charge >= 0.3 is 0 Å². The van der Waals surface area contributed by atoms with Crippen molar-refractivity contribution in [3.8, 4) is 0 Å². The maximum absolute atomic E-state index is 5.71. The monoisotopic (exact) mass is 161 g/mol. The summed E-state index contributed by atoms with van der Waals surface area (Å²) in [5, 5.41) is 0. The van der Waals surface area contributed by atoms with E-state index in [2.05, 4.69) is 13.2 Å². The molecule has 0 bridgehead atoms. The number of hydrogen-bond acceptors (Lipinski definition) is 1. The summed E-state index contributed by atoms with van der Waals surface area (Å²) < 4.78 is 0. The zero-order chi connectivity index (χ0) is 8.97. The second-order valence-corrected chi connectivity index (χ2v) is 3.00. The molecule has 2 unspecified atom stereocenters. The summed E-state index contributed by atoms with van der Waals surface area (Å²) in [5.41, 5.74) is 6.95. The van der Waals surface area contributed by atoms with Crippen LogP contribution in [0, 0.1) is 5.92 Å². The van der Waals surface area contributed by atoms with Crippen molar-refractivity contribution in [3.05, 3.63) is 49.1 Å². The van der Waals surface area contributed by atoms with Gasteiger partial charge in [-0.1, -0.05) is 43.5 Å². The van der Waals surface area contributed by atoms with Gasteiger partial charge in [0.25, 0.3) is 0 Å². The van der Waals surface area contributed by atoms with Crippen molar-refractivity contribution in [3.63, 3.8) is 0 Å². The molecule has 12 heavy (non-hydrogen) atoms. The molecule has 0 aromatic carbocycles. The molecule has 0 radical (unpaired) electrons. The van der Waals surface area contributed by atoms with E-state index in [9.17, 15) is 0 Å². The molecule has 1 saturated carbocycles. The fraction of sp³-hybridized carbons (Fsp3) is 0.273. The molecule has 1 aliphatic rings. The van der Waals surface area contributed by atoms with Gasteiger partial charge in [-0.05, 0) is 12.0 Å². The zero-order valence-corrected chi connectivity index (χ0v) is 7.24. The Balaban J connectivity index is 2.55. The van der Waals surface area contributed by atoms with Gasteiger partial charge in [0.05, 0.1) is 0 Å². The highest BCUT2D eigenvalue weighted by atomic mass is 14.7. The minimum Gasteiger partial charge on any atom is -0.327 e. The Morgan fingerprint density at radius 2 is 2.00 bits per heavy atom. The Kier molecular flexibility index (Phi) is 3.06. The number of rotatable bonds is 4. The summed E-state index contributed by atoms with van der Waals surface area (Å²) in [6.45, 7) is 7.34. The largest absolute Gasteiger partial charge is 0.327 e. The summed E-state index contributed by atoms with van der Waals surface area (Å²) in [4.78, 5) is 0. The zero-order valence-electron chi connectivity index (χ0n) is 7.24. The van der Waals surface area contributed by atoms with Crippen LogP contribution in [0.15, 0.2) is 49.1 Å². The van der Waals surface area contributed by atoms with Crippen LogP contribution in [0.5, 0.6) is 0 Å². The highest BCUT2D eigenvalue weighted by molar-refractivity contribution is 5.31. The third kappa shape index (κ3) is 2.21. The van der Waals surface area contributed by atoms with Crippen LogP contribution in [-0.2, 0) is 0 Å². The first-order chi connectivity index (χ1) is 5.79. The van der Waals surface area contributed by atoms with Gasteiger partial charge in [0.2, 0.25) is 0 Å². The second kappa shape index (κ2) is 4.07. The van der Waals surface area contributed by atoms with E-state index in [0.29, 0.717) is 12.0 Å². The molecule has 0 spiro atoms. The Labute approximate surface area is 74.0 Å². The molecule has 1 aliphatic carbocycles. The fourth-order valence-electron chi connectivity index (χ4n) is 1.19. The highest BCUT2D eigenvalue weighted by Gasteiger charge is 2.34. The Morgan fingerprint density at radius 1 is 1.33 bits per heavy atom. The van der Waals surface area contributed by atoms with Crippen LogP contribution in [-0.4, -0.2) is 6.04 Å². The van der Waals surface area contributed by atoms with Crippen molar-refractivity contribution in [1.29, 1.82) is 0 Å². The lowest BCUT2D eigenvalue weighted by molar-refractivity contribution is 0.942. The van der Waals surface area contributed by atoms with E-state index in [4.69, 9.17) is 5.73 Å². The predicted molar refractivity (Wildman–Crippen MR) is 53.7 cm³/mol. The number of allylic oxidation sites excluding steroid dienone is 5. The third-order valence-corrected chi connectivity index (χ3v) is 2.04. The second-order valence-electron chi connectivity index (χ2n) is 3.00. The minimum absolute atomic E-state index is 0.353. The molecule has 1 nitrogen and oxygen atoms in total. The fourth-order valence-corrected chi connectivity index (χ4v) is 1.19. The molecule has 1 heteroatoms. The molecule has 0 heterocycles. The smallest absolute Gasteiger partial charge is 0.0115 e. The molecule has 64 valence electrons. The number of nitrogens with two attached hydrogens (primary N) is 1. The van der Waals surface area contributed by atoms with Gasteiger partial charge in [-0.15, -0.1) is 0 Å². The van der Waals surface area contributed by atoms with Gasteiger partial charge < -0.3 is 5.73 Å². The SMILES string of the molecule is C=C/C=C\C=C(/C=C)C1CC1N. The molecule has 1 fully saturated rings. The van der Waals surface area contributed by atoms with E-state index in [1.807, 2.05) is 24.3 Å². The Bertz CT molecular complexity index is 235. The van der Waals surface area contributed by atoms with Crippen molar-refractivity contribution >= 4 is 0 Å². The van der Waals surface area contributed by atoms with Gasteiger partial charge in [-0.3, -0.25) is 0 Å². The first-order valence-corrected chi connectivity index (χ1v) is 4.17. The van der Waals surface area contributed by atoms with Crippen LogP contribution in [0.4, 0.5) is 0 Å². The highest BCUT2D eigenvalue weighted by Crippen LogP contribution is 2.35. The Morgan fingerprint density at radius 3 is 2.42 bits per heavy atom. The van der Waals surface area contributed by atoms with Crippen molar-refractivity contribution in [2.24, 2.45) is 11.7 Å². The van der Waals surface area contributed by atoms with E-state index in [1.165, 1.54) is 5.57 Å². The van der Waals surface area contributed by atoms with Crippen molar-refractivity contribution in [1.82, 2.24) is 0 Å². The molecule has 0 amide bonds. The van der Waals surface area contributed by atoms with E-state index in [-0.39, 0.29) is 0 Å². The molecular formula is C11H15N. The first-order valence-electron chi connectivity index (χ1n) is 4.17. The van der Waals surface area contributed by atoms with Crippen LogP contribution < -0.4 is 5.73 Å². The average molecular weight is 161 g/mol. The first kappa shape index (κ1) is 9.01. The van der Waals surface area contributed by atoms with E-state index in [1.54, 1.807) is 6.08 Å². The lowest BCUT2D eigenvalue weighted by Crippen LogP contribution is -2.02. The van der Waals surface area contributed by atoms with Gasteiger partial charge in [0.1, 0.15) is 0 Å². The van der Waals surface area contributed by atoms with Crippen LogP contribution >= 0.6 is 0 Å². The predicted octanol–water partition coefficient (Wildman–Crippen LogP) is 2.19. The van der Waals surface area contributed by atoms with E-state index in [0.717, 1.165) is 6.42 Å². The molecule has 0 aliphatic heterocycles. The molecule has 0 aromatic rings. The lowest BCUT2D eigenvalue weighted by Gasteiger charge is -1.95. The van der Waals surface area contributed by atoms with Crippen LogP contribution in [0.3, 0.4) is 0 Å². The molecule has 2 atom stereocenters. The molecule has 2 N–H and O–H groups in total. The van der Waals surface area contributed by atoms with E-state index < -0.39 is 0 Å². The maximum atomic E-state index is 5.71. The molecule has 0 saturated heterocycles.